The van der Waals surface area contributed by atoms with Crippen LogP contribution in [0, 0.1) is 0 Å². The van der Waals surface area contributed by atoms with E-state index in [-0.39, 0.29) is 5.91 Å². The zero-order chi connectivity index (χ0) is 16.4. The van der Waals surface area contributed by atoms with Crippen LogP contribution in [0.5, 0.6) is 0 Å². The third-order valence-electron chi connectivity index (χ3n) is 2.82. The van der Waals surface area contributed by atoms with E-state index >= 15 is 0 Å². The lowest BCUT2D eigenvalue weighted by molar-refractivity contribution is -0.116. The van der Waals surface area contributed by atoms with E-state index in [0.29, 0.717) is 43.1 Å². The lowest BCUT2D eigenvalue weighted by Crippen LogP contribution is -2.19. The van der Waals surface area contributed by atoms with Gasteiger partial charge >= 0.3 is 0 Å². The lowest BCUT2D eigenvalue weighted by Gasteiger charge is -2.03. The van der Waals surface area contributed by atoms with Crippen LogP contribution < -0.4 is 5.32 Å². The molecule has 1 aliphatic rings. The van der Waals surface area contributed by atoms with Crippen LogP contribution in [0.1, 0.15) is 5.76 Å². The summed E-state index contributed by atoms with van der Waals surface area (Å²) in [5.41, 5.74) is 0.630. The molecule has 9 heteroatoms. The molecule has 1 amide bonds. The van der Waals surface area contributed by atoms with Gasteiger partial charge in [-0.15, -0.1) is 5.10 Å². The summed E-state index contributed by atoms with van der Waals surface area (Å²) in [7, 11) is 0. The fourth-order valence-electron chi connectivity index (χ4n) is 1.80. The minimum absolute atomic E-state index is 0.0847. The summed E-state index contributed by atoms with van der Waals surface area (Å²) in [5, 5.41) is 12.0. The third-order valence-corrected chi connectivity index (χ3v) is 4.72. The topological polar surface area (TPSA) is 67.0 Å². The molecule has 2 aromatic rings. The number of carbonyl (C=O) groups excluding carboxylic acids is 1. The van der Waals surface area contributed by atoms with Crippen molar-refractivity contribution in [3.8, 4) is 11.3 Å². The van der Waals surface area contributed by atoms with E-state index in [0.717, 1.165) is 0 Å². The smallest absolute Gasteiger partial charge is 0.236 e. The first-order valence-electron chi connectivity index (χ1n) is 6.31. The molecule has 0 aliphatic carbocycles. The number of amides is 1. The van der Waals surface area contributed by atoms with Gasteiger partial charge in [0.15, 0.2) is 5.17 Å². The van der Waals surface area contributed by atoms with Crippen molar-refractivity contribution in [2.45, 2.75) is 0 Å². The quantitative estimate of drug-likeness (QED) is 0.479. The van der Waals surface area contributed by atoms with Gasteiger partial charge in [-0.05, 0) is 24.3 Å². The van der Waals surface area contributed by atoms with Gasteiger partial charge in [0.2, 0.25) is 5.91 Å². The van der Waals surface area contributed by atoms with Crippen LogP contribution in [-0.4, -0.2) is 23.0 Å². The molecule has 1 aromatic heterocycles. The number of nitrogens with zero attached hydrogens (tertiary/aromatic N) is 2. The van der Waals surface area contributed by atoms with Crippen molar-refractivity contribution >= 4 is 63.9 Å². The maximum absolute atomic E-state index is 11.0. The predicted octanol–water partition coefficient (Wildman–Crippen LogP) is 4.46. The zero-order valence-electron chi connectivity index (χ0n) is 11.3. The highest BCUT2D eigenvalue weighted by Crippen LogP contribution is 2.35. The summed E-state index contributed by atoms with van der Waals surface area (Å²) in [4.78, 5) is 11.0. The minimum Gasteiger partial charge on any atom is -0.455 e. The molecule has 3 rings (SSSR count). The fraction of sp³-hybridized carbons (Fsp3) is 0.0714. The number of rotatable bonds is 3. The van der Waals surface area contributed by atoms with Gasteiger partial charge in [-0.1, -0.05) is 46.6 Å². The molecule has 0 spiro atoms. The van der Waals surface area contributed by atoms with E-state index in [2.05, 4.69) is 15.5 Å². The van der Waals surface area contributed by atoms with Gasteiger partial charge in [0.05, 0.1) is 27.0 Å². The molecule has 1 saturated heterocycles. The Balaban J connectivity index is 1.78. The second-order valence-electron chi connectivity index (χ2n) is 4.43. The van der Waals surface area contributed by atoms with Crippen LogP contribution >= 0.6 is 46.6 Å². The normalized spacial score (nSPS) is 16.5. The molecule has 5 nitrogen and oxygen atoms in total. The largest absolute Gasteiger partial charge is 0.455 e. The maximum atomic E-state index is 11.0. The highest BCUT2D eigenvalue weighted by molar-refractivity contribution is 8.15. The van der Waals surface area contributed by atoms with E-state index in [1.807, 2.05) is 0 Å². The summed E-state index contributed by atoms with van der Waals surface area (Å²) in [6, 6.07) is 6.66. The van der Waals surface area contributed by atoms with E-state index < -0.39 is 0 Å². The summed E-state index contributed by atoms with van der Waals surface area (Å²) in [6.45, 7) is 0. The molecule has 0 atom stereocenters. The molecular formula is C14H8Cl3N3O2S. The van der Waals surface area contributed by atoms with E-state index in [4.69, 9.17) is 39.2 Å². The number of benzene rings is 1. The zero-order valence-corrected chi connectivity index (χ0v) is 14.4. The number of thioether (sulfide) groups is 1. The highest BCUT2D eigenvalue weighted by Gasteiger charge is 2.16. The Hall–Kier alpha value is -1.47. The van der Waals surface area contributed by atoms with Gasteiger partial charge in [0.1, 0.15) is 11.5 Å². The molecule has 0 radical (unpaired) electrons. The van der Waals surface area contributed by atoms with E-state index in [9.17, 15) is 4.79 Å². The second-order valence-corrected chi connectivity index (χ2v) is 6.62. The Morgan fingerprint density at radius 2 is 1.96 bits per heavy atom. The summed E-state index contributed by atoms with van der Waals surface area (Å²) >= 11 is 19.3. The molecule has 0 bridgehead atoms. The summed E-state index contributed by atoms with van der Waals surface area (Å²) in [6.07, 6.45) is 1.44. The van der Waals surface area contributed by atoms with Gasteiger partial charge in [-0.3, -0.25) is 4.79 Å². The first kappa shape index (κ1) is 16.4. The summed E-state index contributed by atoms with van der Waals surface area (Å²) < 4.78 is 5.63. The van der Waals surface area contributed by atoms with Crippen molar-refractivity contribution in [1.29, 1.82) is 0 Å². The standard InChI is InChI=1S/C14H8Cl3N3O2S/c15-9-4-11(17)10(16)3-8(9)12-2-1-7(22-12)5-18-20-14-19-13(21)6-23-14/h1-5H,6H2,(H,19,20,21)/b18-5-. The monoisotopic (exact) mass is 387 g/mol. The van der Waals surface area contributed by atoms with Crippen molar-refractivity contribution in [3.63, 3.8) is 0 Å². The minimum atomic E-state index is -0.0847. The highest BCUT2D eigenvalue weighted by atomic mass is 35.5. The molecular weight excluding hydrogens is 381 g/mol. The Morgan fingerprint density at radius 3 is 2.70 bits per heavy atom. The van der Waals surface area contributed by atoms with E-state index in [1.54, 1.807) is 24.3 Å². The van der Waals surface area contributed by atoms with Crippen LogP contribution in [0.15, 0.2) is 38.9 Å². The molecule has 1 aliphatic heterocycles. The number of furan rings is 1. The van der Waals surface area contributed by atoms with Crippen LogP contribution in [0.25, 0.3) is 11.3 Å². The van der Waals surface area contributed by atoms with Gasteiger partial charge in [0, 0.05) is 5.56 Å². The first-order chi connectivity index (χ1) is 11.0. The Kier molecular flexibility index (Phi) is 4.96. The van der Waals surface area contributed by atoms with Crippen molar-refractivity contribution < 1.29 is 9.21 Å². The van der Waals surface area contributed by atoms with Crippen molar-refractivity contribution in [3.05, 3.63) is 45.1 Å². The number of hydrogen-bond acceptors (Lipinski definition) is 5. The number of hydrogen-bond donors (Lipinski definition) is 1. The van der Waals surface area contributed by atoms with Gasteiger partial charge < -0.3 is 9.73 Å². The molecule has 0 saturated carbocycles. The van der Waals surface area contributed by atoms with Gasteiger partial charge in [0.25, 0.3) is 0 Å². The molecule has 0 unspecified atom stereocenters. The predicted molar refractivity (Wildman–Crippen MR) is 94.8 cm³/mol. The van der Waals surface area contributed by atoms with Crippen molar-refractivity contribution in [1.82, 2.24) is 5.32 Å². The third kappa shape index (κ3) is 3.90. The number of nitrogens with one attached hydrogen (secondary N) is 1. The fourth-order valence-corrected chi connectivity index (χ4v) is 3.07. The van der Waals surface area contributed by atoms with Gasteiger partial charge in [-0.25, -0.2) is 0 Å². The second kappa shape index (κ2) is 6.97. The number of halogens is 3. The average molecular weight is 389 g/mol. The lowest BCUT2D eigenvalue weighted by atomic mass is 10.2. The Morgan fingerprint density at radius 1 is 1.17 bits per heavy atom. The molecule has 1 N–H and O–H groups in total. The molecule has 1 fully saturated rings. The SMILES string of the molecule is O=C1CS/C(=N/N=C\c2ccc(-c3cc(Cl)c(Cl)cc3Cl)o2)N1. The van der Waals surface area contributed by atoms with Crippen LogP contribution in [0.4, 0.5) is 0 Å². The number of amidine groups is 1. The average Bonchev–Trinajstić information content (AvgIpc) is 3.12. The van der Waals surface area contributed by atoms with Crippen LogP contribution in [-0.2, 0) is 4.79 Å². The molecule has 1 aromatic carbocycles. The van der Waals surface area contributed by atoms with Crippen molar-refractivity contribution in [2.24, 2.45) is 10.2 Å². The first-order valence-corrected chi connectivity index (χ1v) is 8.43. The molecule has 2 heterocycles. The van der Waals surface area contributed by atoms with Crippen molar-refractivity contribution in [2.75, 3.05) is 5.75 Å². The van der Waals surface area contributed by atoms with Crippen LogP contribution in [0.3, 0.4) is 0 Å². The van der Waals surface area contributed by atoms with E-state index in [1.165, 1.54) is 18.0 Å². The van der Waals surface area contributed by atoms with Gasteiger partial charge in [-0.2, -0.15) is 5.10 Å². The Bertz CT molecular complexity index is 833. The molecule has 118 valence electrons. The van der Waals surface area contributed by atoms with Crippen LogP contribution in [0.2, 0.25) is 15.1 Å². The summed E-state index contributed by atoms with van der Waals surface area (Å²) in [5.74, 6) is 1.29. The number of carbonyl (C=O) groups is 1. The molecule has 23 heavy (non-hydrogen) atoms. The Labute approximate surface area is 150 Å². The maximum Gasteiger partial charge on any atom is 0.236 e.